The molecule has 4 nitrogen and oxygen atoms in total. The second-order valence-corrected chi connectivity index (χ2v) is 4.28. The lowest BCUT2D eigenvalue weighted by Crippen LogP contribution is -2.36. The van der Waals surface area contributed by atoms with Crippen LogP contribution in [0, 0.1) is 5.92 Å². The molecule has 2 rings (SSSR count). The van der Waals surface area contributed by atoms with Gasteiger partial charge in [0.2, 0.25) is 5.91 Å². The summed E-state index contributed by atoms with van der Waals surface area (Å²) in [5, 5.41) is 6.20. The first-order chi connectivity index (χ1) is 7.36. The highest BCUT2D eigenvalue weighted by Gasteiger charge is 2.28. The van der Waals surface area contributed by atoms with Crippen molar-refractivity contribution >= 4 is 11.7 Å². The number of rotatable bonds is 4. The number of amides is 1. The third-order valence-electron chi connectivity index (χ3n) is 2.83. The highest BCUT2D eigenvalue weighted by atomic mass is 16.2. The van der Waals surface area contributed by atoms with Crippen molar-refractivity contribution in [3.63, 3.8) is 0 Å². The molecule has 0 radical (unpaired) electrons. The van der Waals surface area contributed by atoms with Crippen LogP contribution in [0.25, 0.3) is 0 Å². The van der Waals surface area contributed by atoms with Crippen molar-refractivity contribution in [2.24, 2.45) is 10.9 Å². The van der Waals surface area contributed by atoms with Crippen LogP contribution in [-0.4, -0.2) is 31.4 Å². The van der Waals surface area contributed by atoms with Gasteiger partial charge in [-0.25, -0.2) is 0 Å². The first-order valence-corrected chi connectivity index (χ1v) is 5.91. The van der Waals surface area contributed by atoms with Crippen LogP contribution in [0.15, 0.2) is 4.99 Å². The molecule has 0 bridgehead atoms. The molecule has 0 saturated heterocycles. The third kappa shape index (κ3) is 3.53. The summed E-state index contributed by atoms with van der Waals surface area (Å²) >= 11 is 0. The standard InChI is InChI=1S/C11H19N3O/c15-11(9-4-5-9)14-8-7-13-10-3-1-2-6-12-10/h9H,1-8H2,(H,12,13)(H,14,15). The quantitative estimate of drug-likeness (QED) is 0.669. The average Bonchev–Trinajstić information content (AvgIpc) is 3.09. The normalized spacial score (nSPS) is 20.7. The smallest absolute Gasteiger partial charge is 0.223 e. The van der Waals surface area contributed by atoms with E-state index in [-0.39, 0.29) is 5.91 Å². The molecule has 1 amide bonds. The van der Waals surface area contributed by atoms with E-state index in [9.17, 15) is 4.79 Å². The van der Waals surface area contributed by atoms with Crippen molar-refractivity contribution in [1.29, 1.82) is 0 Å². The Morgan fingerprint density at radius 3 is 2.87 bits per heavy atom. The summed E-state index contributed by atoms with van der Waals surface area (Å²) in [5.41, 5.74) is 0. The molecule has 0 aromatic heterocycles. The van der Waals surface area contributed by atoms with Gasteiger partial charge in [-0.3, -0.25) is 9.79 Å². The average molecular weight is 209 g/mol. The minimum atomic E-state index is 0.224. The lowest BCUT2D eigenvalue weighted by Gasteiger charge is -2.13. The molecule has 0 aromatic rings. The van der Waals surface area contributed by atoms with Crippen LogP contribution in [0.3, 0.4) is 0 Å². The zero-order valence-electron chi connectivity index (χ0n) is 9.09. The topological polar surface area (TPSA) is 53.5 Å². The molecule has 0 atom stereocenters. The van der Waals surface area contributed by atoms with E-state index in [2.05, 4.69) is 15.6 Å². The second kappa shape index (κ2) is 5.14. The number of hydrogen-bond acceptors (Lipinski definition) is 3. The molecule has 1 heterocycles. The minimum absolute atomic E-state index is 0.224. The Kier molecular flexibility index (Phi) is 3.59. The lowest BCUT2D eigenvalue weighted by molar-refractivity contribution is -0.122. The predicted molar refractivity (Wildman–Crippen MR) is 59.9 cm³/mol. The largest absolute Gasteiger partial charge is 0.372 e. The summed E-state index contributed by atoms with van der Waals surface area (Å²) in [6.45, 7) is 2.47. The van der Waals surface area contributed by atoms with Gasteiger partial charge in [-0.1, -0.05) is 0 Å². The van der Waals surface area contributed by atoms with Gasteiger partial charge in [0.05, 0.1) is 5.84 Å². The number of carbonyl (C=O) groups is 1. The van der Waals surface area contributed by atoms with E-state index >= 15 is 0 Å². The van der Waals surface area contributed by atoms with Crippen molar-refractivity contribution < 1.29 is 4.79 Å². The summed E-state index contributed by atoms with van der Waals surface area (Å²) in [6, 6.07) is 0. The van der Waals surface area contributed by atoms with Crippen LogP contribution in [0.4, 0.5) is 0 Å². The third-order valence-corrected chi connectivity index (χ3v) is 2.83. The maximum absolute atomic E-state index is 11.3. The molecule has 84 valence electrons. The first-order valence-electron chi connectivity index (χ1n) is 5.91. The van der Waals surface area contributed by atoms with Gasteiger partial charge in [-0.15, -0.1) is 0 Å². The highest BCUT2D eigenvalue weighted by Crippen LogP contribution is 2.28. The van der Waals surface area contributed by atoms with E-state index in [1.807, 2.05) is 0 Å². The molecule has 0 spiro atoms. The Labute approximate surface area is 90.5 Å². The monoisotopic (exact) mass is 209 g/mol. The molecule has 1 fully saturated rings. The molecule has 15 heavy (non-hydrogen) atoms. The number of aliphatic imine (C=N–C) groups is 1. The molecule has 1 aliphatic carbocycles. The number of hydrogen-bond donors (Lipinski definition) is 2. The molecular formula is C11H19N3O. The minimum Gasteiger partial charge on any atom is -0.372 e. The highest BCUT2D eigenvalue weighted by molar-refractivity contribution is 5.83. The van der Waals surface area contributed by atoms with Crippen LogP contribution in [0.1, 0.15) is 32.1 Å². The Morgan fingerprint density at radius 2 is 2.20 bits per heavy atom. The number of nitrogens with one attached hydrogen (secondary N) is 2. The van der Waals surface area contributed by atoms with Crippen molar-refractivity contribution in [2.45, 2.75) is 32.1 Å². The van der Waals surface area contributed by atoms with Gasteiger partial charge in [0, 0.05) is 32.0 Å². The number of amidine groups is 1. The lowest BCUT2D eigenvalue weighted by atomic mass is 10.2. The SMILES string of the molecule is O=C(NCCNC1=NCCCC1)C1CC1. The summed E-state index contributed by atoms with van der Waals surface area (Å²) in [7, 11) is 0. The van der Waals surface area contributed by atoms with Gasteiger partial charge in [0.15, 0.2) is 0 Å². The van der Waals surface area contributed by atoms with Gasteiger partial charge in [-0.05, 0) is 25.7 Å². The van der Waals surface area contributed by atoms with Crippen molar-refractivity contribution in [1.82, 2.24) is 10.6 Å². The van der Waals surface area contributed by atoms with Gasteiger partial charge in [0.1, 0.15) is 0 Å². The molecule has 1 aliphatic heterocycles. The Bertz CT molecular complexity index is 259. The first kappa shape index (κ1) is 10.5. The fourth-order valence-electron chi connectivity index (χ4n) is 1.72. The fraction of sp³-hybridized carbons (Fsp3) is 0.818. The van der Waals surface area contributed by atoms with Gasteiger partial charge in [0.25, 0.3) is 0 Å². The summed E-state index contributed by atoms with van der Waals surface area (Å²) in [5.74, 6) is 1.65. The van der Waals surface area contributed by atoms with Gasteiger partial charge < -0.3 is 10.6 Å². The second-order valence-electron chi connectivity index (χ2n) is 4.28. The van der Waals surface area contributed by atoms with Crippen LogP contribution < -0.4 is 10.6 Å². The zero-order chi connectivity index (χ0) is 10.5. The van der Waals surface area contributed by atoms with E-state index in [0.717, 1.165) is 38.2 Å². The Balaban J connectivity index is 1.54. The molecule has 0 unspecified atom stereocenters. The molecule has 4 heteroatoms. The maximum atomic E-state index is 11.3. The summed E-state index contributed by atoms with van der Waals surface area (Å²) in [4.78, 5) is 15.7. The van der Waals surface area contributed by atoms with Crippen LogP contribution in [0.5, 0.6) is 0 Å². The molecular weight excluding hydrogens is 190 g/mol. The van der Waals surface area contributed by atoms with Crippen LogP contribution in [0.2, 0.25) is 0 Å². The van der Waals surface area contributed by atoms with Crippen molar-refractivity contribution in [3.05, 3.63) is 0 Å². The molecule has 1 saturated carbocycles. The predicted octanol–water partition coefficient (Wildman–Crippen LogP) is 0.685. The van der Waals surface area contributed by atoms with Crippen LogP contribution >= 0.6 is 0 Å². The van der Waals surface area contributed by atoms with E-state index < -0.39 is 0 Å². The van der Waals surface area contributed by atoms with E-state index in [1.54, 1.807) is 0 Å². The van der Waals surface area contributed by atoms with Crippen LogP contribution in [-0.2, 0) is 4.79 Å². The van der Waals surface area contributed by atoms with Gasteiger partial charge >= 0.3 is 0 Å². The molecule has 0 aromatic carbocycles. The van der Waals surface area contributed by atoms with Crippen molar-refractivity contribution in [3.8, 4) is 0 Å². The molecule has 2 N–H and O–H groups in total. The summed E-state index contributed by atoms with van der Waals surface area (Å²) < 4.78 is 0. The Hall–Kier alpha value is -1.06. The van der Waals surface area contributed by atoms with E-state index in [1.165, 1.54) is 12.8 Å². The summed E-state index contributed by atoms with van der Waals surface area (Å²) in [6.07, 6.45) is 5.67. The van der Waals surface area contributed by atoms with Crippen molar-refractivity contribution in [2.75, 3.05) is 19.6 Å². The van der Waals surface area contributed by atoms with Gasteiger partial charge in [-0.2, -0.15) is 0 Å². The zero-order valence-corrected chi connectivity index (χ0v) is 9.09. The maximum Gasteiger partial charge on any atom is 0.223 e. The fourth-order valence-corrected chi connectivity index (χ4v) is 1.72. The van der Waals surface area contributed by atoms with E-state index in [4.69, 9.17) is 0 Å². The molecule has 2 aliphatic rings. The van der Waals surface area contributed by atoms with E-state index in [0.29, 0.717) is 12.5 Å². The number of carbonyl (C=O) groups excluding carboxylic acids is 1. The number of nitrogens with zero attached hydrogens (tertiary/aromatic N) is 1. The Morgan fingerprint density at radius 1 is 1.33 bits per heavy atom.